The molecule has 5 heteroatoms. The molecule has 21 heavy (non-hydrogen) atoms. The van der Waals surface area contributed by atoms with Crippen molar-refractivity contribution in [2.24, 2.45) is 0 Å². The van der Waals surface area contributed by atoms with Gasteiger partial charge in [-0.25, -0.2) is 9.97 Å². The van der Waals surface area contributed by atoms with Gasteiger partial charge in [0.05, 0.1) is 9.26 Å². The van der Waals surface area contributed by atoms with Crippen LogP contribution < -0.4 is 5.32 Å². The molecule has 0 amide bonds. The lowest BCUT2D eigenvalue weighted by Gasteiger charge is -2.30. The van der Waals surface area contributed by atoms with E-state index in [1.54, 1.807) is 0 Å². The predicted octanol–water partition coefficient (Wildman–Crippen LogP) is 4.52. The number of hydrogen-bond donors (Lipinski definition) is 1. The van der Waals surface area contributed by atoms with Crippen LogP contribution in [-0.4, -0.2) is 23.1 Å². The Bertz CT molecular complexity index is 447. The van der Waals surface area contributed by atoms with E-state index >= 15 is 0 Å². The lowest BCUT2D eigenvalue weighted by molar-refractivity contribution is -0.0572. The third kappa shape index (κ3) is 4.28. The minimum Gasteiger partial charge on any atom is -0.369 e. The van der Waals surface area contributed by atoms with Crippen LogP contribution in [0.3, 0.4) is 0 Å². The van der Waals surface area contributed by atoms with Gasteiger partial charge in [-0.15, -0.1) is 0 Å². The van der Waals surface area contributed by atoms with Crippen molar-refractivity contribution < 1.29 is 4.74 Å². The molecule has 0 aliphatic carbocycles. The second kappa shape index (κ2) is 8.88. The molecule has 120 valence electrons. The summed E-state index contributed by atoms with van der Waals surface area (Å²) in [6, 6.07) is 0. The van der Waals surface area contributed by atoms with Crippen LogP contribution in [0.4, 0.5) is 5.82 Å². The zero-order chi connectivity index (χ0) is 15.9. The standard InChI is InChI=1S/C16H28IN3O/c1-6-11-18-14-13(17)12(7-2)19-15(20-14)16(8-3,9-4)21-10-5/h6-11H2,1-5H3,(H,18,19,20). The number of aromatic nitrogens is 2. The molecule has 0 bridgehead atoms. The van der Waals surface area contributed by atoms with Gasteiger partial charge in [0, 0.05) is 13.2 Å². The maximum Gasteiger partial charge on any atom is 0.162 e. The summed E-state index contributed by atoms with van der Waals surface area (Å²) in [6.45, 7) is 12.2. The largest absolute Gasteiger partial charge is 0.369 e. The average Bonchev–Trinajstić information content (AvgIpc) is 2.51. The summed E-state index contributed by atoms with van der Waals surface area (Å²) >= 11 is 2.34. The second-order valence-electron chi connectivity index (χ2n) is 5.07. The number of hydrogen-bond acceptors (Lipinski definition) is 4. The highest BCUT2D eigenvalue weighted by molar-refractivity contribution is 14.1. The first-order valence-corrected chi connectivity index (χ1v) is 9.10. The summed E-state index contributed by atoms with van der Waals surface area (Å²) in [5.74, 6) is 1.77. The van der Waals surface area contributed by atoms with Crippen molar-refractivity contribution in [3.63, 3.8) is 0 Å². The van der Waals surface area contributed by atoms with Crippen LogP contribution >= 0.6 is 22.6 Å². The Morgan fingerprint density at radius 2 is 1.76 bits per heavy atom. The monoisotopic (exact) mass is 405 g/mol. The van der Waals surface area contributed by atoms with E-state index in [0.717, 1.165) is 53.1 Å². The molecule has 0 atom stereocenters. The molecule has 0 unspecified atom stereocenters. The van der Waals surface area contributed by atoms with Gasteiger partial charge in [0.25, 0.3) is 0 Å². The summed E-state index contributed by atoms with van der Waals surface area (Å²) in [5, 5.41) is 3.43. The molecular weight excluding hydrogens is 377 g/mol. The van der Waals surface area contributed by atoms with Crippen LogP contribution in [0.15, 0.2) is 0 Å². The number of nitrogens with zero attached hydrogens (tertiary/aromatic N) is 2. The highest BCUT2D eigenvalue weighted by Crippen LogP contribution is 2.33. The van der Waals surface area contributed by atoms with Crippen LogP contribution in [0.2, 0.25) is 0 Å². The molecule has 1 aromatic heterocycles. The van der Waals surface area contributed by atoms with Gasteiger partial charge in [-0.05, 0) is 55.2 Å². The van der Waals surface area contributed by atoms with Gasteiger partial charge in [0.1, 0.15) is 11.4 Å². The molecule has 0 radical (unpaired) electrons. The van der Waals surface area contributed by atoms with E-state index in [0.29, 0.717) is 6.61 Å². The first kappa shape index (κ1) is 18.6. The molecule has 0 spiro atoms. The molecule has 0 aromatic carbocycles. The zero-order valence-electron chi connectivity index (χ0n) is 13.9. The van der Waals surface area contributed by atoms with Gasteiger partial charge in [0.15, 0.2) is 5.82 Å². The normalized spacial score (nSPS) is 11.7. The third-order valence-electron chi connectivity index (χ3n) is 3.77. The van der Waals surface area contributed by atoms with Crippen LogP contribution in [0.25, 0.3) is 0 Å². The molecule has 1 heterocycles. The van der Waals surface area contributed by atoms with Gasteiger partial charge < -0.3 is 10.1 Å². The first-order valence-electron chi connectivity index (χ1n) is 8.03. The highest BCUT2D eigenvalue weighted by atomic mass is 127. The van der Waals surface area contributed by atoms with E-state index in [1.807, 2.05) is 6.92 Å². The zero-order valence-corrected chi connectivity index (χ0v) is 16.1. The third-order valence-corrected chi connectivity index (χ3v) is 4.90. The molecule has 0 fully saturated rings. The molecule has 0 saturated heterocycles. The summed E-state index contributed by atoms with van der Waals surface area (Å²) in [4.78, 5) is 9.61. The number of anilines is 1. The lowest BCUT2D eigenvalue weighted by Crippen LogP contribution is -2.32. The lowest BCUT2D eigenvalue weighted by atomic mass is 9.95. The van der Waals surface area contributed by atoms with Crippen LogP contribution in [-0.2, 0) is 16.8 Å². The number of rotatable bonds is 9. The number of ether oxygens (including phenoxy) is 1. The Balaban J connectivity index is 3.33. The number of aryl methyl sites for hydroxylation is 1. The molecular formula is C16H28IN3O. The molecule has 4 nitrogen and oxygen atoms in total. The smallest absolute Gasteiger partial charge is 0.162 e. The molecule has 1 N–H and O–H groups in total. The Morgan fingerprint density at radius 1 is 1.10 bits per heavy atom. The van der Waals surface area contributed by atoms with Crippen molar-refractivity contribution in [1.29, 1.82) is 0 Å². The van der Waals surface area contributed by atoms with E-state index in [-0.39, 0.29) is 5.60 Å². The SMILES string of the molecule is CCCNc1nc(C(CC)(CC)OCC)nc(CC)c1I. The fraction of sp³-hybridized carbons (Fsp3) is 0.750. The van der Waals surface area contributed by atoms with Crippen molar-refractivity contribution in [2.75, 3.05) is 18.5 Å². The summed E-state index contributed by atoms with van der Waals surface area (Å²) < 4.78 is 7.19. The summed E-state index contributed by atoms with van der Waals surface area (Å²) in [5.41, 5.74) is 0.733. The fourth-order valence-corrected chi connectivity index (χ4v) is 3.22. The average molecular weight is 405 g/mol. The predicted molar refractivity (Wildman–Crippen MR) is 96.8 cm³/mol. The first-order chi connectivity index (χ1) is 10.1. The van der Waals surface area contributed by atoms with Gasteiger partial charge in [-0.2, -0.15) is 0 Å². The number of nitrogens with one attached hydrogen (secondary N) is 1. The van der Waals surface area contributed by atoms with E-state index < -0.39 is 0 Å². The Labute approximate surface area is 142 Å². The van der Waals surface area contributed by atoms with E-state index in [2.05, 4.69) is 55.6 Å². The van der Waals surface area contributed by atoms with Crippen molar-refractivity contribution in [1.82, 2.24) is 9.97 Å². The molecule has 0 aliphatic rings. The fourth-order valence-electron chi connectivity index (χ4n) is 2.40. The Kier molecular flexibility index (Phi) is 7.87. The van der Waals surface area contributed by atoms with Crippen molar-refractivity contribution >= 4 is 28.4 Å². The minimum atomic E-state index is -0.369. The van der Waals surface area contributed by atoms with E-state index in [1.165, 1.54) is 0 Å². The highest BCUT2D eigenvalue weighted by Gasteiger charge is 2.33. The number of halogens is 1. The van der Waals surface area contributed by atoms with E-state index in [9.17, 15) is 0 Å². The van der Waals surface area contributed by atoms with Crippen LogP contribution in [0.5, 0.6) is 0 Å². The van der Waals surface area contributed by atoms with Gasteiger partial charge in [0.2, 0.25) is 0 Å². The van der Waals surface area contributed by atoms with Gasteiger partial charge in [-0.1, -0.05) is 27.7 Å². The maximum absolute atomic E-state index is 6.06. The minimum absolute atomic E-state index is 0.369. The topological polar surface area (TPSA) is 47.0 Å². The summed E-state index contributed by atoms with van der Waals surface area (Å²) in [6.07, 6.45) is 3.75. The van der Waals surface area contributed by atoms with Crippen molar-refractivity contribution in [3.05, 3.63) is 15.1 Å². The summed E-state index contributed by atoms with van der Waals surface area (Å²) in [7, 11) is 0. The van der Waals surface area contributed by atoms with Crippen molar-refractivity contribution in [3.8, 4) is 0 Å². The molecule has 1 rings (SSSR count). The Morgan fingerprint density at radius 3 is 2.24 bits per heavy atom. The quantitative estimate of drug-likeness (QED) is 0.614. The second-order valence-corrected chi connectivity index (χ2v) is 6.15. The molecule has 0 saturated carbocycles. The van der Waals surface area contributed by atoms with Gasteiger partial charge >= 0.3 is 0 Å². The maximum atomic E-state index is 6.06. The van der Waals surface area contributed by atoms with Crippen LogP contribution in [0.1, 0.15) is 65.4 Å². The molecule has 0 aliphatic heterocycles. The molecule has 1 aromatic rings. The van der Waals surface area contributed by atoms with E-state index in [4.69, 9.17) is 14.7 Å². The Hall–Kier alpha value is -0.430. The van der Waals surface area contributed by atoms with Crippen LogP contribution in [0, 0.1) is 3.57 Å². The van der Waals surface area contributed by atoms with Gasteiger partial charge in [-0.3, -0.25) is 0 Å². The van der Waals surface area contributed by atoms with Crippen molar-refractivity contribution in [2.45, 2.75) is 65.9 Å².